The SMILES string of the molecule is Cc1ccc2c(c1)NC(=O)C(C)(C(=O)N[C@@H](C)C(=O)N[C@H](CCC(=O)OCc1ccccc1)C(=O)OCc1ccccc1)O2. The molecule has 0 fully saturated rings. The smallest absolute Gasteiger partial charge is 0.328 e. The van der Waals surface area contributed by atoms with Gasteiger partial charge in [0.05, 0.1) is 5.69 Å². The van der Waals surface area contributed by atoms with E-state index < -0.39 is 47.3 Å². The predicted octanol–water partition coefficient (Wildman–Crippen LogP) is 3.34. The Kier molecular flexibility index (Phi) is 10.3. The number of carbonyl (C=O) groups excluding carboxylic acids is 5. The molecule has 0 radical (unpaired) electrons. The Hall–Kier alpha value is -5.19. The second-order valence-electron chi connectivity index (χ2n) is 10.6. The molecule has 0 bridgehead atoms. The summed E-state index contributed by atoms with van der Waals surface area (Å²) in [5.41, 5.74) is 0.926. The number of aryl methyl sites for hydroxylation is 1. The number of carbonyl (C=O) groups is 5. The van der Waals surface area contributed by atoms with E-state index in [4.69, 9.17) is 14.2 Å². The third-order valence-corrected chi connectivity index (χ3v) is 7.01. The molecule has 230 valence electrons. The molecular formula is C33H35N3O8. The predicted molar refractivity (Wildman–Crippen MR) is 160 cm³/mol. The first-order valence-electron chi connectivity index (χ1n) is 14.2. The molecule has 4 rings (SSSR count). The van der Waals surface area contributed by atoms with Crippen molar-refractivity contribution in [2.45, 2.75) is 64.5 Å². The number of ether oxygens (including phenoxy) is 3. The van der Waals surface area contributed by atoms with E-state index >= 15 is 0 Å². The van der Waals surface area contributed by atoms with Gasteiger partial charge in [-0.15, -0.1) is 0 Å². The third kappa shape index (κ3) is 8.21. The van der Waals surface area contributed by atoms with Crippen molar-refractivity contribution in [2.24, 2.45) is 0 Å². The van der Waals surface area contributed by atoms with E-state index in [0.717, 1.165) is 16.7 Å². The minimum absolute atomic E-state index is 0.0391. The van der Waals surface area contributed by atoms with E-state index in [-0.39, 0.29) is 26.1 Å². The highest BCUT2D eigenvalue weighted by Crippen LogP contribution is 2.34. The first-order valence-corrected chi connectivity index (χ1v) is 14.2. The lowest BCUT2D eigenvalue weighted by atomic mass is 10.0. The highest BCUT2D eigenvalue weighted by molar-refractivity contribution is 6.16. The van der Waals surface area contributed by atoms with Crippen LogP contribution >= 0.6 is 0 Å². The van der Waals surface area contributed by atoms with E-state index in [2.05, 4.69) is 16.0 Å². The maximum Gasteiger partial charge on any atom is 0.328 e. The number of benzene rings is 3. The fourth-order valence-corrected chi connectivity index (χ4v) is 4.34. The van der Waals surface area contributed by atoms with Crippen molar-refractivity contribution in [3.8, 4) is 5.75 Å². The van der Waals surface area contributed by atoms with Gasteiger partial charge < -0.3 is 30.2 Å². The Labute approximate surface area is 255 Å². The van der Waals surface area contributed by atoms with Gasteiger partial charge in [0.25, 0.3) is 17.4 Å². The van der Waals surface area contributed by atoms with E-state index in [1.807, 2.05) is 43.3 Å². The molecule has 0 saturated heterocycles. The van der Waals surface area contributed by atoms with Crippen molar-refractivity contribution in [2.75, 3.05) is 5.32 Å². The number of amides is 3. The number of esters is 2. The maximum absolute atomic E-state index is 13.2. The molecule has 3 aromatic carbocycles. The first-order chi connectivity index (χ1) is 21.0. The van der Waals surface area contributed by atoms with Crippen molar-refractivity contribution in [3.63, 3.8) is 0 Å². The van der Waals surface area contributed by atoms with Gasteiger partial charge in [-0.05, 0) is 56.0 Å². The van der Waals surface area contributed by atoms with Crippen LogP contribution < -0.4 is 20.7 Å². The summed E-state index contributed by atoms with van der Waals surface area (Å²) in [4.78, 5) is 64.6. The Balaban J connectivity index is 1.37. The van der Waals surface area contributed by atoms with Crippen molar-refractivity contribution in [3.05, 3.63) is 95.6 Å². The monoisotopic (exact) mass is 601 g/mol. The lowest BCUT2D eigenvalue weighted by Crippen LogP contribution is -2.62. The van der Waals surface area contributed by atoms with Crippen molar-refractivity contribution in [1.82, 2.24) is 10.6 Å². The quantitative estimate of drug-likeness (QED) is 0.211. The van der Waals surface area contributed by atoms with Gasteiger partial charge in [-0.25, -0.2) is 4.79 Å². The summed E-state index contributed by atoms with van der Waals surface area (Å²) >= 11 is 0. The Morgan fingerprint density at radius 2 is 1.50 bits per heavy atom. The van der Waals surface area contributed by atoms with E-state index in [1.165, 1.54) is 13.8 Å². The van der Waals surface area contributed by atoms with Crippen LogP contribution in [0.5, 0.6) is 5.75 Å². The summed E-state index contributed by atoms with van der Waals surface area (Å²) < 4.78 is 16.5. The molecule has 0 aromatic heterocycles. The molecule has 1 heterocycles. The average Bonchev–Trinajstić information content (AvgIpc) is 3.02. The summed E-state index contributed by atoms with van der Waals surface area (Å²) in [6.07, 6.45) is -0.281. The number of rotatable bonds is 12. The molecule has 3 aromatic rings. The molecule has 1 aliphatic heterocycles. The topological polar surface area (TPSA) is 149 Å². The summed E-state index contributed by atoms with van der Waals surface area (Å²) in [5, 5.41) is 7.71. The van der Waals surface area contributed by atoms with Crippen LogP contribution in [-0.4, -0.2) is 47.3 Å². The number of anilines is 1. The molecule has 0 saturated carbocycles. The fourth-order valence-electron chi connectivity index (χ4n) is 4.34. The zero-order valence-electron chi connectivity index (χ0n) is 24.8. The van der Waals surface area contributed by atoms with Crippen LogP contribution in [0.2, 0.25) is 0 Å². The molecule has 3 atom stereocenters. The molecule has 3 N–H and O–H groups in total. The van der Waals surface area contributed by atoms with Crippen LogP contribution in [0.4, 0.5) is 5.69 Å². The highest BCUT2D eigenvalue weighted by Gasteiger charge is 2.48. The average molecular weight is 602 g/mol. The van der Waals surface area contributed by atoms with E-state index in [1.54, 1.807) is 42.5 Å². The van der Waals surface area contributed by atoms with Crippen LogP contribution in [0.15, 0.2) is 78.9 Å². The largest absolute Gasteiger partial charge is 0.466 e. The van der Waals surface area contributed by atoms with Crippen LogP contribution in [-0.2, 0) is 46.7 Å². The number of fused-ring (bicyclic) bond motifs is 1. The first kappa shape index (κ1) is 31.7. The van der Waals surface area contributed by atoms with Crippen molar-refractivity contribution in [1.29, 1.82) is 0 Å². The van der Waals surface area contributed by atoms with E-state index in [9.17, 15) is 24.0 Å². The molecule has 0 aliphatic carbocycles. The van der Waals surface area contributed by atoms with Gasteiger partial charge >= 0.3 is 11.9 Å². The van der Waals surface area contributed by atoms with Crippen LogP contribution in [0.1, 0.15) is 43.4 Å². The van der Waals surface area contributed by atoms with Crippen LogP contribution in [0.25, 0.3) is 0 Å². The summed E-state index contributed by atoms with van der Waals surface area (Å²) in [6.45, 7) is 4.58. The lowest BCUT2D eigenvalue weighted by molar-refractivity contribution is -0.150. The highest BCUT2D eigenvalue weighted by atomic mass is 16.5. The summed E-state index contributed by atoms with van der Waals surface area (Å²) in [6, 6.07) is 20.9. The van der Waals surface area contributed by atoms with Gasteiger partial charge in [0, 0.05) is 6.42 Å². The molecule has 1 unspecified atom stereocenters. The number of nitrogens with one attached hydrogen (secondary N) is 3. The Bertz CT molecular complexity index is 1510. The molecule has 11 nitrogen and oxygen atoms in total. The number of hydrogen-bond donors (Lipinski definition) is 3. The standard InChI is InChI=1S/C33H35N3O8/c1-21-14-16-27-26(18-21)36-32(41)33(3,44-27)31(40)34-22(2)29(38)35-25(30(39)43-20-24-12-8-5-9-13-24)15-17-28(37)42-19-23-10-6-4-7-11-23/h4-14,16,18,22,25H,15,17,19-20H2,1-3H3,(H,34,40)(H,35,38)(H,36,41)/t22-,25+,33?/m0/s1. The van der Waals surface area contributed by atoms with Gasteiger partial charge in [0.15, 0.2) is 0 Å². The summed E-state index contributed by atoms with van der Waals surface area (Å²) in [5.74, 6) is -3.29. The molecule has 44 heavy (non-hydrogen) atoms. The van der Waals surface area contributed by atoms with Crippen LogP contribution in [0.3, 0.4) is 0 Å². The molecular weight excluding hydrogens is 566 g/mol. The van der Waals surface area contributed by atoms with Crippen molar-refractivity contribution >= 4 is 35.3 Å². The lowest BCUT2D eigenvalue weighted by Gasteiger charge is -2.34. The Morgan fingerprint density at radius 3 is 2.14 bits per heavy atom. The van der Waals surface area contributed by atoms with Gasteiger partial charge in [-0.1, -0.05) is 66.7 Å². The van der Waals surface area contributed by atoms with Crippen LogP contribution in [0, 0.1) is 6.92 Å². The van der Waals surface area contributed by atoms with Gasteiger partial charge in [0.2, 0.25) is 5.91 Å². The van der Waals surface area contributed by atoms with E-state index in [0.29, 0.717) is 11.4 Å². The maximum atomic E-state index is 13.2. The third-order valence-electron chi connectivity index (χ3n) is 7.01. The second kappa shape index (κ2) is 14.3. The second-order valence-corrected chi connectivity index (χ2v) is 10.6. The zero-order valence-corrected chi connectivity index (χ0v) is 24.8. The number of hydrogen-bond acceptors (Lipinski definition) is 8. The normalized spacial score (nSPS) is 16.7. The molecule has 3 amide bonds. The minimum atomic E-state index is -1.95. The zero-order chi connectivity index (χ0) is 31.7. The molecule has 0 spiro atoms. The van der Waals surface area contributed by atoms with Crippen molar-refractivity contribution < 1.29 is 38.2 Å². The van der Waals surface area contributed by atoms with Gasteiger partial charge in [-0.3, -0.25) is 19.2 Å². The minimum Gasteiger partial charge on any atom is -0.466 e. The van der Waals surface area contributed by atoms with Gasteiger partial charge in [-0.2, -0.15) is 0 Å². The summed E-state index contributed by atoms with van der Waals surface area (Å²) in [7, 11) is 0. The molecule has 1 aliphatic rings. The molecule has 11 heteroatoms. The Morgan fingerprint density at radius 1 is 0.886 bits per heavy atom. The van der Waals surface area contributed by atoms with Gasteiger partial charge in [0.1, 0.15) is 31.0 Å². The fraction of sp³-hybridized carbons (Fsp3) is 0.303.